The molecule has 2 saturated carbocycles. The van der Waals surface area contributed by atoms with Gasteiger partial charge in [0.05, 0.1) is 0 Å². The third-order valence-electron chi connectivity index (χ3n) is 2.40. The fourth-order valence-electron chi connectivity index (χ4n) is 1.93. The molecule has 0 saturated heterocycles. The van der Waals surface area contributed by atoms with Gasteiger partial charge in [0.1, 0.15) is 0 Å². The Morgan fingerprint density at radius 3 is 2.75 bits per heavy atom. The Morgan fingerprint density at radius 2 is 2.38 bits per heavy atom. The highest BCUT2D eigenvalue weighted by Crippen LogP contribution is 2.46. The Hall–Kier alpha value is 0.290. The van der Waals surface area contributed by atoms with Gasteiger partial charge in [-0.1, -0.05) is 6.42 Å². The van der Waals surface area contributed by atoms with Crippen LogP contribution in [0, 0.1) is 11.8 Å². The van der Waals surface area contributed by atoms with Crippen molar-refractivity contribution in [3.05, 3.63) is 0 Å². The number of hydrogen-bond donors (Lipinski definition) is 0. The Balaban J connectivity index is 2.13. The van der Waals surface area contributed by atoms with Crippen molar-refractivity contribution in [3.8, 4) is 0 Å². The van der Waals surface area contributed by atoms with Crippen LogP contribution in [0.15, 0.2) is 0 Å². The normalized spacial score (nSPS) is 63.9. The van der Waals surface area contributed by atoms with Crippen molar-refractivity contribution in [2.24, 2.45) is 11.8 Å². The van der Waals surface area contributed by atoms with E-state index in [1.165, 1.54) is 12.8 Å². The summed E-state index contributed by atoms with van der Waals surface area (Å²) in [6.45, 7) is 0. The summed E-state index contributed by atoms with van der Waals surface area (Å²) in [5, 5.41) is 0.339. The summed E-state index contributed by atoms with van der Waals surface area (Å²) in [4.78, 5) is 0. The van der Waals surface area contributed by atoms with E-state index in [0.717, 1.165) is 12.3 Å². The van der Waals surface area contributed by atoms with Gasteiger partial charge < -0.3 is 0 Å². The summed E-state index contributed by atoms with van der Waals surface area (Å²) in [7, 11) is 0. The molecular weight excluding hydrogens is 120 g/mol. The van der Waals surface area contributed by atoms with Gasteiger partial charge >= 0.3 is 0 Å². The minimum atomic E-state index is 0.172. The molecule has 0 aromatic heterocycles. The third-order valence-corrected chi connectivity index (χ3v) is 2.90. The minimum Gasteiger partial charge on any atom is -0.123 e. The van der Waals surface area contributed by atoms with Crippen molar-refractivity contribution in [3.63, 3.8) is 0 Å². The molecule has 2 aliphatic carbocycles. The lowest BCUT2D eigenvalue weighted by atomic mass is 10.0. The molecule has 8 heavy (non-hydrogen) atoms. The second-order valence-corrected chi connectivity index (χ2v) is 3.55. The van der Waals surface area contributed by atoms with Gasteiger partial charge in [0.2, 0.25) is 0 Å². The first-order chi connectivity index (χ1) is 4.27. The van der Waals surface area contributed by atoms with E-state index in [-0.39, 0.29) is 6.40 Å². The monoisotopic (exact) mass is 131 g/mol. The third kappa shape index (κ3) is 0.589. The van der Waals surface area contributed by atoms with Crippen molar-refractivity contribution in [1.82, 2.24) is 0 Å². The van der Waals surface area contributed by atoms with Gasteiger partial charge in [-0.05, 0) is 31.1 Å². The molecule has 0 unspecified atom stereocenters. The summed E-state index contributed by atoms with van der Waals surface area (Å²) in [6, 6.07) is 0. The van der Waals surface area contributed by atoms with E-state index in [9.17, 15) is 0 Å². The average molecular weight is 132 g/mol. The molecule has 4 atom stereocenters. The fraction of sp³-hybridized carbons (Fsp3) is 1.00. The number of rotatable bonds is 0. The summed E-state index contributed by atoms with van der Waals surface area (Å²) in [5.74, 6) is 1.34. The Labute approximate surface area is 56.6 Å². The Morgan fingerprint density at radius 1 is 1.50 bits per heavy atom. The molecule has 0 radical (unpaired) electrons. The van der Waals surface area contributed by atoms with Crippen LogP contribution in [0.25, 0.3) is 0 Å². The molecule has 0 aliphatic heterocycles. The molecule has 2 aliphatic rings. The summed E-state index contributed by atoms with van der Waals surface area (Å²) >= 11 is 5.98. The average Bonchev–Trinajstić information content (AvgIpc) is 2.22. The summed E-state index contributed by atoms with van der Waals surface area (Å²) in [6.07, 6.45) is 3.71. The molecule has 2 bridgehead atoms. The lowest BCUT2D eigenvalue weighted by Crippen LogP contribution is -2.08. The molecule has 0 N–H and O–H groups in total. The van der Waals surface area contributed by atoms with E-state index in [1.54, 1.807) is 0 Å². The molecule has 0 aromatic rings. The van der Waals surface area contributed by atoms with E-state index in [1.807, 2.05) is 0 Å². The van der Waals surface area contributed by atoms with Gasteiger partial charge in [0.15, 0.2) is 0 Å². The van der Waals surface area contributed by atoms with Crippen LogP contribution in [0.5, 0.6) is 0 Å². The maximum absolute atomic E-state index is 7.57. The Kier molecular flexibility index (Phi) is 0.849. The number of hydrogen-bond acceptors (Lipinski definition) is 0. The second-order valence-electron chi connectivity index (χ2n) is 2.99. The molecule has 2 fully saturated rings. The van der Waals surface area contributed by atoms with E-state index < -0.39 is 0 Å². The number of alkyl halides is 1. The highest BCUT2D eigenvalue weighted by molar-refractivity contribution is 6.21. The van der Waals surface area contributed by atoms with Gasteiger partial charge in [0, 0.05) is 6.75 Å². The largest absolute Gasteiger partial charge is 0.123 e. The highest BCUT2D eigenvalue weighted by atomic mass is 35.5. The first kappa shape index (κ1) is 4.16. The second kappa shape index (κ2) is 1.63. The van der Waals surface area contributed by atoms with E-state index in [2.05, 4.69) is 0 Å². The first-order valence-corrected chi connectivity index (χ1v) is 3.77. The van der Waals surface area contributed by atoms with Crippen LogP contribution in [-0.2, 0) is 0 Å². The molecule has 0 aromatic carbocycles. The van der Waals surface area contributed by atoms with Crippen LogP contribution in [-0.4, -0.2) is 5.38 Å². The molecule has 1 heteroatoms. The molecular formula is C7H11Cl. The SMILES string of the molecule is [2H][C@H]1C[C@H]2C[C@@H]1[C@H](Cl)C2. The minimum absolute atomic E-state index is 0.172. The van der Waals surface area contributed by atoms with Crippen LogP contribution < -0.4 is 0 Å². The number of halogens is 1. The van der Waals surface area contributed by atoms with Gasteiger partial charge in [-0.2, -0.15) is 0 Å². The molecule has 0 nitrogen and oxygen atoms in total. The van der Waals surface area contributed by atoms with Crippen molar-refractivity contribution in [2.75, 3.05) is 0 Å². The zero-order valence-electron chi connectivity index (χ0n) is 5.81. The Bertz CT molecular complexity index is 114. The van der Waals surface area contributed by atoms with Crippen LogP contribution in [0.4, 0.5) is 0 Å². The van der Waals surface area contributed by atoms with Crippen LogP contribution in [0.3, 0.4) is 0 Å². The maximum Gasteiger partial charge on any atom is 0.0367 e. The molecule has 0 heterocycles. The molecule has 46 valence electrons. The van der Waals surface area contributed by atoms with Crippen molar-refractivity contribution in [1.29, 1.82) is 0 Å². The zero-order valence-corrected chi connectivity index (χ0v) is 5.56. The van der Waals surface area contributed by atoms with E-state index in [0.29, 0.717) is 11.3 Å². The van der Waals surface area contributed by atoms with Crippen molar-refractivity contribution in [2.45, 2.75) is 31.0 Å². The predicted molar refractivity (Wildman–Crippen MR) is 35.1 cm³/mol. The highest BCUT2D eigenvalue weighted by Gasteiger charge is 2.38. The first-order valence-electron chi connectivity index (χ1n) is 3.91. The smallest absolute Gasteiger partial charge is 0.0367 e. The quantitative estimate of drug-likeness (QED) is 0.443. The lowest BCUT2D eigenvalue weighted by Gasteiger charge is -2.13. The van der Waals surface area contributed by atoms with E-state index in [4.69, 9.17) is 13.0 Å². The molecule has 0 spiro atoms. The van der Waals surface area contributed by atoms with Crippen molar-refractivity contribution < 1.29 is 1.37 Å². The zero-order chi connectivity index (χ0) is 6.43. The van der Waals surface area contributed by atoms with E-state index >= 15 is 0 Å². The standard InChI is InChI=1S/C7H11Cl/c8-7-4-5-1-2-6(7)3-5/h5-7H,1-4H2/t5-,6+,7+/m0/s1/i2D/t2-,5-,6+,7+. The fourth-order valence-corrected chi connectivity index (χ4v) is 2.38. The van der Waals surface area contributed by atoms with Gasteiger partial charge in [-0.25, -0.2) is 0 Å². The predicted octanol–water partition coefficient (Wildman–Crippen LogP) is 2.41. The van der Waals surface area contributed by atoms with Crippen molar-refractivity contribution >= 4 is 11.6 Å². The topological polar surface area (TPSA) is 0 Å². The van der Waals surface area contributed by atoms with Gasteiger partial charge in [0.25, 0.3) is 0 Å². The van der Waals surface area contributed by atoms with Gasteiger partial charge in [-0.15, -0.1) is 11.6 Å². The summed E-state index contributed by atoms with van der Waals surface area (Å²) in [5.41, 5.74) is 0. The lowest BCUT2D eigenvalue weighted by molar-refractivity contribution is 0.487. The molecule has 2 rings (SSSR count). The van der Waals surface area contributed by atoms with Crippen LogP contribution in [0.1, 0.15) is 27.0 Å². The number of fused-ring (bicyclic) bond motifs is 2. The van der Waals surface area contributed by atoms with Gasteiger partial charge in [-0.3, -0.25) is 0 Å². The molecule has 0 amide bonds. The van der Waals surface area contributed by atoms with Crippen LogP contribution >= 0.6 is 11.6 Å². The van der Waals surface area contributed by atoms with Crippen LogP contribution in [0.2, 0.25) is 0 Å². The summed E-state index contributed by atoms with van der Waals surface area (Å²) < 4.78 is 7.57. The maximum atomic E-state index is 7.57.